The van der Waals surface area contributed by atoms with Crippen LogP contribution in [0, 0.1) is 30.3 Å². The minimum Gasteiger partial charge on any atom is -0.358 e. The zero-order valence-electron chi connectivity index (χ0n) is 6.45. The number of hydrogen-bond donors (Lipinski definition) is 1. The molecule has 1 aliphatic heterocycles. The molecule has 76 valence electrons. The smallest absolute Gasteiger partial charge is 0.358 e. The van der Waals surface area contributed by atoms with Gasteiger partial charge in [-0.2, -0.15) is 0 Å². The van der Waals surface area contributed by atoms with E-state index in [1.807, 2.05) is 5.43 Å². The third-order valence-corrected chi connectivity index (χ3v) is 1.41. The summed E-state index contributed by atoms with van der Waals surface area (Å²) in [5, 5.41) is 29.5. The molecule has 1 aliphatic rings. The summed E-state index contributed by atoms with van der Waals surface area (Å²) in [5.74, 6) is -1.17. The Kier molecular flexibility index (Phi) is 2.25. The lowest BCUT2D eigenvalue weighted by Crippen LogP contribution is -2.38. The van der Waals surface area contributed by atoms with Crippen LogP contribution in [-0.2, 0) is 0 Å². The molecule has 0 saturated carbocycles. The summed E-state index contributed by atoms with van der Waals surface area (Å²) >= 11 is 0. The fourth-order valence-corrected chi connectivity index (χ4v) is 0.890. The Balaban J connectivity index is 3.15. The van der Waals surface area contributed by atoms with Crippen molar-refractivity contribution in [3.05, 3.63) is 41.9 Å². The first-order chi connectivity index (χ1) is 6.45. The van der Waals surface area contributed by atoms with Crippen LogP contribution in [0.3, 0.4) is 0 Å². The Hall–Kier alpha value is -2.30. The molecule has 14 heavy (non-hydrogen) atoms. The maximum Gasteiger partial charge on any atom is 0.481 e. The lowest BCUT2D eigenvalue weighted by Gasteiger charge is -1.98. The Morgan fingerprint density at radius 3 is 2.07 bits per heavy atom. The van der Waals surface area contributed by atoms with Gasteiger partial charge in [0.05, 0.1) is 4.92 Å². The van der Waals surface area contributed by atoms with Gasteiger partial charge in [-0.1, -0.05) is 5.43 Å². The fraction of sp³-hybridized carbons (Fsp3) is 0.333. The summed E-state index contributed by atoms with van der Waals surface area (Å²) < 4.78 is 0. The van der Waals surface area contributed by atoms with E-state index >= 15 is 0 Å². The fourth-order valence-electron chi connectivity index (χ4n) is 0.890. The maximum atomic E-state index is 10.3. The molecule has 0 aliphatic carbocycles. The molecule has 0 unspecified atom stereocenters. The first-order valence-electron chi connectivity index (χ1n) is 3.15. The van der Waals surface area contributed by atoms with Gasteiger partial charge in [0.1, 0.15) is 11.7 Å². The van der Waals surface area contributed by atoms with Crippen LogP contribution >= 0.6 is 0 Å². The molecule has 1 rings (SSSR count). The van der Waals surface area contributed by atoms with Gasteiger partial charge in [-0.15, -0.1) is 0 Å². The van der Waals surface area contributed by atoms with Crippen molar-refractivity contribution in [1.29, 1.82) is 0 Å². The summed E-state index contributed by atoms with van der Waals surface area (Å²) in [4.78, 5) is 28.5. The first kappa shape index (κ1) is 9.79. The third kappa shape index (κ3) is 1.42. The van der Waals surface area contributed by atoms with Gasteiger partial charge in [0, 0.05) is 0 Å². The average Bonchev–Trinajstić information content (AvgIpc) is 2.46. The molecule has 0 amide bonds. The summed E-state index contributed by atoms with van der Waals surface area (Å²) in [5.41, 5.74) is 1.05. The molecule has 0 bridgehead atoms. The number of nitrogens with zero attached hydrogens (tertiary/aromatic N) is 4. The number of hydrogen-bond acceptors (Lipinski definition) is 7. The predicted octanol–water partition coefficient (Wildman–Crippen LogP) is -1.28. The largest absolute Gasteiger partial charge is 0.481 e. The second-order valence-corrected chi connectivity index (χ2v) is 2.17. The quantitative estimate of drug-likeness (QED) is 0.442. The highest BCUT2D eigenvalue weighted by molar-refractivity contribution is 5.03. The molecule has 0 fully saturated rings. The number of nitro groups is 3. The van der Waals surface area contributed by atoms with Crippen LogP contribution in [0.4, 0.5) is 0 Å². The molecule has 0 saturated heterocycles. The molecule has 1 N–H and O–H groups in total. The molecule has 0 spiro atoms. The van der Waals surface area contributed by atoms with Crippen molar-refractivity contribution in [3.63, 3.8) is 0 Å². The summed E-state index contributed by atoms with van der Waals surface area (Å²) in [6.07, 6.45) is 0. The van der Waals surface area contributed by atoms with E-state index in [-0.39, 0.29) is 5.12 Å². The Morgan fingerprint density at radius 2 is 1.71 bits per heavy atom. The minimum absolute atomic E-state index is 0.0852. The summed E-state index contributed by atoms with van der Waals surface area (Å²) in [6.45, 7) is -0.551. The highest BCUT2D eigenvalue weighted by Crippen LogP contribution is 2.15. The molecular weight excluding hydrogens is 202 g/mol. The first-order valence-corrected chi connectivity index (χ1v) is 3.15. The normalized spacial score (nSPS) is 15.9. The monoisotopic (exact) mass is 205 g/mol. The maximum absolute atomic E-state index is 10.3. The molecule has 11 nitrogen and oxygen atoms in total. The number of rotatable bonds is 3. The standard InChI is InChI=1S/C3H3N5O6/c9-6(10)2-1-4-5(8(13)14)3(2)7(11)12/h4H,1H2. The van der Waals surface area contributed by atoms with E-state index in [0.717, 1.165) is 0 Å². The second kappa shape index (κ2) is 3.21. The van der Waals surface area contributed by atoms with Gasteiger partial charge in [0.25, 0.3) is 5.03 Å². The Labute approximate surface area is 75.0 Å². The van der Waals surface area contributed by atoms with Crippen LogP contribution in [0.25, 0.3) is 0 Å². The zero-order chi connectivity index (χ0) is 10.9. The lowest BCUT2D eigenvalue weighted by atomic mass is 10.5. The van der Waals surface area contributed by atoms with Crippen molar-refractivity contribution in [2.24, 2.45) is 0 Å². The predicted molar refractivity (Wildman–Crippen MR) is 37.9 cm³/mol. The van der Waals surface area contributed by atoms with Gasteiger partial charge in [-0.3, -0.25) is 10.1 Å². The highest BCUT2D eigenvalue weighted by atomic mass is 16.7. The van der Waals surface area contributed by atoms with Gasteiger partial charge in [-0.05, 0) is 4.92 Å². The summed E-state index contributed by atoms with van der Waals surface area (Å²) in [7, 11) is 0. The minimum atomic E-state index is -1.18. The molecule has 11 heteroatoms. The van der Waals surface area contributed by atoms with E-state index in [1.54, 1.807) is 0 Å². The number of nitrogens with one attached hydrogen (secondary N) is 1. The van der Waals surface area contributed by atoms with Crippen LogP contribution in [0.15, 0.2) is 11.5 Å². The van der Waals surface area contributed by atoms with Gasteiger partial charge >= 0.3 is 11.5 Å². The van der Waals surface area contributed by atoms with Gasteiger partial charge in [0.15, 0.2) is 0 Å². The molecule has 0 atom stereocenters. The molecule has 0 aromatic carbocycles. The molecule has 1 heterocycles. The van der Waals surface area contributed by atoms with E-state index in [0.29, 0.717) is 0 Å². The lowest BCUT2D eigenvalue weighted by molar-refractivity contribution is -0.689. The van der Waals surface area contributed by atoms with Crippen LogP contribution in [0.5, 0.6) is 0 Å². The van der Waals surface area contributed by atoms with Crippen LogP contribution in [0.1, 0.15) is 0 Å². The zero-order valence-corrected chi connectivity index (χ0v) is 6.45. The van der Waals surface area contributed by atoms with E-state index in [2.05, 4.69) is 0 Å². The van der Waals surface area contributed by atoms with E-state index in [9.17, 15) is 30.3 Å². The topological polar surface area (TPSA) is 145 Å². The molecular formula is C3H3N5O6. The number of hydrazine groups is 2. The van der Waals surface area contributed by atoms with Gasteiger partial charge in [0.2, 0.25) is 0 Å². The van der Waals surface area contributed by atoms with E-state index in [1.165, 1.54) is 0 Å². The molecule has 0 aromatic heterocycles. The third-order valence-electron chi connectivity index (χ3n) is 1.41. The SMILES string of the molecule is O=[N+]([O-])C1=C([N+](=O)[O-])N([N+](=O)[O-])NC1. The van der Waals surface area contributed by atoms with Gasteiger partial charge in [-0.25, -0.2) is 10.1 Å². The Morgan fingerprint density at radius 1 is 1.14 bits per heavy atom. The van der Waals surface area contributed by atoms with Crippen LogP contribution in [0.2, 0.25) is 0 Å². The summed E-state index contributed by atoms with van der Waals surface area (Å²) in [6, 6.07) is 0. The van der Waals surface area contributed by atoms with E-state index in [4.69, 9.17) is 0 Å². The van der Waals surface area contributed by atoms with E-state index < -0.39 is 32.9 Å². The Bertz CT molecular complexity index is 347. The van der Waals surface area contributed by atoms with Gasteiger partial charge < -0.3 is 10.1 Å². The molecule has 0 radical (unpaired) electrons. The average molecular weight is 205 g/mol. The van der Waals surface area contributed by atoms with Crippen molar-refractivity contribution >= 4 is 0 Å². The van der Waals surface area contributed by atoms with Crippen LogP contribution < -0.4 is 5.43 Å². The van der Waals surface area contributed by atoms with Crippen molar-refractivity contribution in [2.45, 2.75) is 0 Å². The highest BCUT2D eigenvalue weighted by Gasteiger charge is 2.49. The van der Waals surface area contributed by atoms with Crippen molar-refractivity contribution in [1.82, 2.24) is 10.5 Å². The molecule has 0 aromatic rings. The van der Waals surface area contributed by atoms with Crippen molar-refractivity contribution in [2.75, 3.05) is 6.54 Å². The van der Waals surface area contributed by atoms with Crippen molar-refractivity contribution < 1.29 is 14.9 Å². The second-order valence-electron chi connectivity index (χ2n) is 2.17. The van der Waals surface area contributed by atoms with Crippen LogP contribution in [-0.4, -0.2) is 26.5 Å². The van der Waals surface area contributed by atoms with Crippen molar-refractivity contribution in [3.8, 4) is 0 Å².